The summed E-state index contributed by atoms with van der Waals surface area (Å²) in [5, 5.41) is 0. The Labute approximate surface area is 151 Å². The Hall–Kier alpha value is -2.73. The molecule has 0 saturated carbocycles. The van der Waals surface area contributed by atoms with Gasteiger partial charge < -0.3 is 9.47 Å². The van der Waals surface area contributed by atoms with E-state index in [-0.39, 0.29) is 24.8 Å². The van der Waals surface area contributed by atoms with Crippen molar-refractivity contribution in [2.24, 2.45) is 0 Å². The lowest BCUT2D eigenvalue weighted by Crippen LogP contribution is -2.56. The predicted octanol–water partition coefficient (Wildman–Crippen LogP) is 3.41. The summed E-state index contributed by atoms with van der Waals surface area (Å²) < 4.78 is 24.5. The lowest BCUT2D eigenvalue weighted by Gasteiger charge is -2.43. The molecule has 2 aliphatic rings. The van der Waals surface area contributed by atoms with Crippen LogP contribution in [0.25, 0.3) is 5.57 Å². The monoisotopic (exact) mass is 354 g/mol. The molecule has 2 unspecified atom stereocenters. The summed E-state index contributed by atoms with van der Waals surface area (Å²) in [5.74, 6) is -0.505. The van der Waals surface area contributed by atoms with Gasteiger partial charge >= 0.3 is 6.09 Å². The van der Waals surface area contributed by atoms with Gasteiger partial charge in [0.15, 0.2) is 0 Å². The van der Waals surface area contributed by atoms with E-state index in [0.29, 0.717) is 25.3 Å². The first-order valence-electron chi connectivity index (χ1n) is 8.61. The Balaban J connectivity index is 1.50. The third-order valence-electron chi connectivity index (χ3n) is 4.66. The quantitative estimate of drug-likeness (QED) is 0.793. The molecule has 1 aromatic heterocycles. The minimum absolute atomic E-state index is 0.137. The van der Waals surface area contributed by atoms with Gasteiger partial charge in [0.2, 0.25) is 5.95 Å². The molecule has 5 nitrogen and oxygen atoms in total. The van der Waals surface area contributed by atoms with E-state index in [0.717, 1.165) is 11.1 Å². The summed E-state index contributed by atoms with van der Waals surface area (Å²) in [5.41, 5.74) is 2.49. The number of benzene rings is 1. The lowest BCUT2D eigenvalue weighted by atomic mass is 9.92. The highest BCUT2D eigenvalue weighted by atomic mass is 19.1. The van der Waals surface area contributed by atoms with E-state index >= 15 is 0 Å². The molecule has 2 aliphatic heterocycles. The van der Waals surface area contributed by atoms with Gasteiger partial charge in [-0.3, -0.25) is 4.90 Å². The maximum Gasteiger partial charge on any atom is 0.411 e. The number of carbonyl (C=O) groups excluding carboxylic acids is 1. The standard InChI is InChI=1S/C20H19FN2O3/c21-19-8-4-7-18(22-19)15-9-16-12-25-13-17(10-15)23(16)20(24)26-11-14-5-2-1-3-6-14/h1-9,16-17H,10-13H2. The minimum atomic E-state index is -0.505. The first kappa shape index (κ1) is 16.7. The van der Waals surface area contributed by atoms with Crippen molar-refractivity contribution in [1.82, 2.24) is 9.88 Å². The zero-order valence-corrected chi connectivity index (χ0v) is 14.2. The van der Waals surface area contributed by atoms with Crippen molar-refractivity contribution in [3.8, 4) is 0 Å². The fraction of sp³-hybridized carbons (Fsp3) is 0.300. The van der Waals surface area contributed by atoms with Crippen molar-refractivity contribution in [1.29, 1.82) is 0 Å². The number of carbonyl (C=O) groups is 1. The van der Waals surface area contributed by atoms with Gasteiger partial charge in [-0.15, -0.1) is 0 Å². The zero-order valence-electron chi connectivity index (χ0n) is 14.2. The van der Waals surface area contributed by atoms with Crippen LogP contribution in [-0.2, 0) is 16.1 Å². The molecule has 2 atom stereocenters. The van der Waals surface area contributed by atoms with Crippen LogP contribution in [-0.4, -0.2) is 41.3 Å². The molecule has 1 saturated heterocycles. The van der Waals surface area contributed by atoms with Gasteiger partial charge in [-0.2, -0.15) is 4.39 Å². The van der Waals surface area contributed by atoms with Crippen LogP contribution in [0.4, 0.5) is 9.18 Å². The maximum atomic E-state index is 13.4. The Kier molecular flexibility index (Phi) is 4.67. The van der Waals surface area contributed by atoms with E-state index < -0.39 is 5.95 Å². The number of amides is 1. The molecule has 1 aromatic carbocycles. The predicted molar refractivity (Wildman–Crippen MR) is 93.7 cm³/mol. The summed E-state index contributed by atoms with van der Waals surface area (Å²) in [6, 6.07) is 14.0. The van der Waals surface area contributed by atoms with Crippen molar-refractivity contribution in [2.45, 2.75) is 25.1 Å². The molecule has 0 N–H and O–H groups in total. The minimum Gasteiger partial charge on any atom is -0.445 e. The third kappa shape index (κ3) is 3.46. The highest BCUT2D eigenvalue weighted by molar-refractivity contribution is 5.73. The van der Waals surface area contributed by atoms with Gasteiger partial charge in [0.25, 0.3) is 0 Å². The van der Waals surface area contributed by atoms with Crippen LogP contribution >= 0.6 is 0 Å². The fourth-order valence-electron chi connectivity index (χ4n) is 3.45. The van der Waals surface area contributed by atoms with Crippen LogP contribution < -0.4 is 0 Å². The molecule has 0 aliphatic carbocycles. The van der Waals surface area contributed by atoms with Gasteiger partial charge in [0.1, 0.15) is 6.61 Å². The van der Waals surface area contributed by atoms with E-state index in [1.165, 1.54) is 6.07 Å². The molecule has 134 valence electrons. The molecule has 2 aromatic rings. The Bertz CT molecular complexity index is 825. The van der Waals surface area contributed by atoms with Gasteiger partial charge in [-0.25, -0.2) is 9.78 Å². The smallest absolute Gasteiger partial charge is 0.411 e. The second-order valence-electron chi connectivity index (χ2n) is 6.45. The number of halogens is 1. The average molecular weight is 354 g/mol. The molecule has 0 radical (unpaired) electrons. The Morgan fingerprint density at radius 2 is 2.04 bits per heavy atom. The van der Waals surface area contributed by atoms with Crippen molar-refractivity contribution in [3.05, 3.63) is 71.8 Å². The number of aromatic nitrogens is 1. The largest absolute Gasteiger partial charge is 0.445 e. The Morgan fingerprint density at radius 1 is 1.19 bits per heavy atom. The molecule has 2 bridgehead atoms. The molecule has 0 spiro atoms. The lowest BCUT2D eigenvalue weighted by molar-refractivity contribution is -0.0342. The van der Waals surface area contributed by atoms with Gasteiger partial charge in [-0.05, 0) is 29.7 Å². The second-order valence-corrected chi connectivity index (χ2v) is 6.45. The third-order valence-corrected chi connectivity index (χ3v) is 4.66. The van der Waals surface area contributed by atoms with Crippen LogP contribution in [0.5, 0.6) is 0 Å². The number of hydrogen-bond acceptors (Lipinski definition) is 4. The molecule has 1 fully saturated rings. The van der Waals surface area contributed by atoms with Gasteiger partial charge in [0.05, 0.1) is 31.0 Å². The van der Waals surface area contributed by atoms with Crippen LogP contribution in [0.3, 0.4) is 0 Å². The molecular formula is C20H19FN2O3. The van der Waals surface area contributed by atoms with Crippen molar-refractivity contribution < 1.29 is 18.7 Å². The van der Waals surface area contributed by atoms with E-state index in [9.17, 15) is 9.18 Å². The number of morpholine rings is 1. The average Bonchev–Trinajstić information content (AvgIpc) is 2.66. The highest BCUT2D eigenvalue weighted by Crippen LogP contribution is 2.32. The van der Waals surface area contributed by atoms with E-state index in [2.05, 4.69) is 4.98 Å². The highest BCUT2D eigenvalue weighted by Gasteiger charge is 2.39. The molecule has 6 heteroatoms. The second kappa shape index (κ2) is 7.25. The molecule has 26 heavy (non-hydrogen) atoms. The number of hydrogen-bond donors (Lipinski definition) is 0. The first-order valence-corrected chi connectivity index (χ1v) is 8.61. The first-order chi connectivity index (χ1) is 12.7. The molecule has 4 rings (SSSR count). The van der Waals surface area contributed by atoms with Crippen LogP contribution in [0.15, 0.2) is 54.6 Å². The molecule has 1 amide bonds. The zero-order chi connectivity index (χ0) is 17.9. The van der Waals surface area contributed by atoms with E-state index in [1.807, 2.05) is 36.4 Å². The Morgan fingerprint density at radius 3 is 2.81 bits per heavy atom. The van der Waals surface area contributed by atoms with E-state index in [1.54, 1.807) is 17.0 Å². The summed E-state index contributed by atoms with van der Waals surface area (Å²) in [6.07, 6.45) is 2.14. The molecular weight excluding hydrogens is 335 g/mol. The van der Waals surface area contributed by atoms with Crippen molar-refractivity contribution in [2.75, 3.05) is 13.2 Å². The number of pyridine rings is 1. The van der Waals surface area contributed by atoms with Crippen molar-refractivity contribution in [3.63, 3.8) is 0 Å². The number of fused-ring (bicyclic) bond motifs is 2. The maximum absolute atomic E-state index is 13.4. The van der Waals surface area contributed by atoms with Crippen LogP contribution in [0.2, 0.25) is 0 Å². The summed E-state index contributed by atoms with van der Waals surface area (Å²) in [7, 11) is 0. The van der Waals surface area contributed by atoms with Crippen molar-refractivity contribution >= 4 is 11.7 Å². The normalized spacial score (nSPS) is 21.9. The number of rotatable bonds is 3. The summed E-state index contributed by atoms with van der Waals surface area (Å²) in [4.78, 5) is 18.3. The topological polar surface area (TPSA) is 51.7 Å². The SMILES string of the molecule is O=C(OCc1ccccc1)N1C2C=C(c3cccc(F)n3)CC1COC2. The number of ether oxygens (including phenoxy) is 2. The fourth-order valence-corrected chi connectivity index (χ4v) is 3.45. The van der Waals surface area contributed by atoms with Gasteiger partial charge in [0, 0.05) is 0 Å². The van der Waals surface area contributed by atoms with Crippen LogP contribution in [0.1, 0.15) is 17.7 Å². The number of nitrogens with zero attached hydrogens (tertiary/aromatic N) is 2. The summed E-state index contributed by atoms with van der Waals surface area (Å²) >= 11 is 0. The van der Waals surface area contributed by atoms with Gasteiger partial charge in [-0.1, -0.05) is 42.5 Å². The molecule has 3 heterocycles. The summed E-state index contributed by atoms with van der Waals surface area (Å²) in [6.45, 7) is 1.07. The van der Waals surface area contributed by atoms with Crippen LogP contribution in [0, 0.1) is 5.95 Å². The van der Waals surface area contributed by atoms with E-state index in [4.69, 9.17) is 9.47 Å².